The lowest BCUT2D eigenvalue weighted by atomic mass is 9.97. The first kappa shape index (κ1) is 13.9. The van der Waals surface area contributed by atoms with Crippen molar-refractivity contribution < 1.29 is 4.79 Å². The summed E-state index contributed by atoms with van der Waals surface area (Å²) in [6, 6.07) is 0. The summed E-state index contributed by atoms with van der Waals surface area (Å²) >= 11 is 0. The summed E-state index contributed by atoms with van der Waals surface area (Å²) in [7, 11) is 0. The second kappa shape index (κ2) is 7.19. The normalized spacial score (nSPS) is 16.3. The van der Waals surface area contributed by atoms with Crippen LogP contribution in [0.4, 0.5) is 0 Å². The van der Waals surface area contributed by atoms with Crippen LogP contribution < -0.4 is 5.32 Å². The van der Waals surface area contributed by atoms with Crippen LogP contribution in [0.15, 0.2) is 18.7 Å². The van der Waals surface area contributed by atoms with Crippen LogP contribution in [0.3, 0.4) is 0 Å². The molecule has 5 nitrogen and oxygen atoms in total. The lowest BCUT2D eigenvalue weighted by Crippen LogP contribution is -2.39. The standard InChI is InChI=1S/C14H22N4O/c1-2-7-18(10-12-3-5-15-6-4-12)14(19)13-8-16-11-17-9-13/h8-9,11-12,15H,2-7,10H2,1H3. The number of nitrogens with one attached hydrogen (secondary N) is 1. The van der Waals surface area contributed by atoms with Crippen molar-refractivity contribution in [1.29, 1.82) is 0 Å². The van der Waals surface area contributed by atoms with Crippen LogP contribution in [-0.2, 0) is 0 Å². The molecule has 1 aromatic rings. The predicted molar refractivity (Wildman–Crippen MR) is 73.8 cm³/mol. The fraction of sp³-hybridized carbons (Fsp3) is 0.643. The fourth-order valence-corrected chi connectivity index (χ4v) is 2.51. The third kappa shape index (κ3) is 3.99. The van der Waals surface area contributed by atoms with Gasteiger partial charge in [-0.25, -0.2) is 9.97 Å². The molecule has 2 rings (SSSR count). The predicted octanol–water partition coefficient (Wildman–Crippen LogP) is 1.33. The van der Waals surface area contributed by atoms with Gasteiger partial charge in [-0.15, -0.1) is 0 Å². The molecule has 5 heteroatoms. The molecule has 0 unspecified atom stereocenters. The first-order valence-corrected chi connectivity index (χ1v) is 7.06. The van der Waals surface area contributed by atoms with E-state index in [1.807, 2.05) is 4.90 Å². The van der Waals surface area contributed by atoms with Crippen molar-refractivity contribution in [3.8, 4) is 0 Å². The number of aromatic nitrogens is 2. The van der Waals surface area contributed by atoms with Crippen molar-refractivity contribution >= 4 is 5.91 Å². The van der Waals surface area contributed by atoms with Crippen LogP contribution in [0, 0.1) is 5.92 Å². The Morgan fingerprint density at radius 1 is 1.37 bits per heavy atom. The molecule has 0 saturated carbocycles. The first-order valence-electron chi connectivity index (χ1n) is 7.06. The van der Waals surface area contributed by atoms with Crippen LogP contribution in [0.5, 0.6) is 0 Å². The van der Waals surface area contributed by atoms with E-state index >= 15 is 0 Å². The Labute approximate surface area is 114 Å². The highest BCUT2D eigenvalue weighted by molar-refractivity contribution is 5.93. The van der Waals surface area contributed by atoms with Crippen molar-refractivity contribution in [3.05, 3.63) is 24.3 Å². The molecular weight excluding hydrogens is 240 g/mol. The molecule has 1 aliphatic rings. The Morgan fingerprint density at radius 3 is 2.68 bits per heavy atom. The molecule has 0 radical (unpaired) electrons. The van der Waals surface area contributed by atoms with Gasteiger partial charge in [-0.1, -0.05) is 6.92 Å². The summed E-state index contributed by atoms with van der Waals surface area (Å²) in [4.78, 5) is 22.2. The maximum atomic E-state index is 12.4. The van der Waals surface area contributed by atoms with Gasteiger partial charge in [-0.2, -0.15) is 0 Å². The summed E-state index contributed by atoms with van der Waals surface area (Å²) in [5, 5.41) is 3.36. The van der Waals surface area contributed by atoms with Crippen molar-refractivity contribution in [2.45, 2.75) is 26.2 Å². The first-order chi connectivity index (χ1) is 9.31. The number of hydrogen-bond acceptors (Lipinski definition) is 4. The molecule has 1 N–H and O–H groups in total. The number of piperidine rings is 1. The second-order valence-electron chi connectivity index (χ2n) is 5.07. The minimum absolute atomic E-state index is 0.0565. The molecule has 0 spiro atoms. The average Bonchev–Trinajstić information content (AvgIpc) is 2.48. The summed E-state index contributed by atoms with van der Waals surface area (Å²) in [5.41, 5.74) is 0.588. The molecule has 0 aromatic carbocycles. The largest absolute Gasteiger partial charge is 0.338 e. The van der Waals surface area contributed by atoms with Crippen molar-refractivity contribution in [3.63, 3.8) is 0 Å². The lowest BCUT2D eigenvalue weighted by molar-refractivity contribution is 0.0715. The van der Waals surface area contributed by atoms with E-state index in [2.05, 4.69) is 22.2 Å². The van der Waals surface area contributed by atoms with Gasteiger partial charge >= 0.3 is 0 Å². The molecule has 104 valence electrons. The SMILES string of the molecule is CCCN(CC1CCNCC1)C(=O)c1cncnc1. The second-order valence-corrected chi connectivity index (χ2v) is 5.07. The van der Waals surface area contributed by atoms with Gasteiger partial charge in [0, 0.05) is 25.5 Å². The van der Waals surface area contributed by atoms with Crippen LogP contribution in [0.25, 0.3) is 0 Å². The van der Waals surface area contributed by atoms with E-state index in [0.29, 0.717) is 11.5 Å². The van der Waals surface area contributed by atoms with Crippen LogP contribution in [0.2, 0.25) is 0 Å². The molecule has 1 fully saturated rings. The third-order valence-corrected chi connectivity index (χ3v) is 3.53. The molecule has 0 aliphatic carbocycles. The van der Waals surface area contributed by atoms with Gasteiger partial charge in [0.25, 0.3) is 5.91 Å². The molecule has 1 amide bonds. The Kier molecular flexibility index (Phi) is 5.27. The number of carbonyl (C=O) groups excluding carboxylic acids is 1. The van der Waals surface area contributed by atoms with E-state index in [1.54, 1.807) is 12.4 Å². The van der Waals surface area contributed by atoms with Gasteiger partial charge in [-0.3, -0.25) is 4.79 Å². The molecular formula is C14H22N4O. The number of amides is 1. The van der Waals surface area contributed by atoms with Crippen molar-refractivity contribution in [1.82, 2.24) is 20.2 Å². The molecule has 2 heterocycles. The highest BCUT2D eigenvalue weighted by Crippen LogP contribution is 2.15. The van der Waals surface area contributed by atoms with Gasteiger partial charge in [0.05, 0.1) is 5.56 Å². The van der Waals surface area contributed by atoms with Gasteiger partial charge < -0.3 is 10.2 Å². The van der Waals surface area contributed by atoms with Crippen molar-refractivity contribution in [2.75, 3.05) is 26.2 Å². The Bertz CT molecular complexity index is 390. The van der Waals surface area contributed by atoms with E-state index in [-0.39, 0.29) is 5.91 Å². The van der Waals surface area contributed by atoms with Gasteiger partial charge in [0.1, 0.15) is 6.33 Å². The van der Waals surface area contributed by atoms with E-state index in [9.17, 15) is 4.79 Å². The van der Waals surface area contributed by atoms with Crippen molar-refractivity contribution in [2.24, 2.45) is 5.92 Å². The Morgan fingerprint density at radius 2 is 2.05 bits per heavy atom. The van der Waals surface area contributed by atoms with Crippen LogP contribution in [-0.4, -0.2) is 47.0 Å². The summed E-state index contributed by atoms with van der Waals surface area (Å²) in [6.07, 6.45) is 7.93. The summed E-state index contributed by atoms with van der Waals surface area (Å²) in [6.45, 7) is 5.88. The monoisotopic (exact) mass is 262 g/mol. The Hall–Kier alpha value is -1.49. The third-order valence-electron chi connectivity index (χ3n) is 3.53. The zero-order valence-corrected chi connectivity index (χ0v) is 11.5. The van der Waals surface area contributed by atoms with E-state index in [0.717, 1.165) is 45.4 Å². The Balaban J connectivity index is 2.00. The van der Waals surface area contributed by atoms with Gasteiger partial charge in [0.15, 0.2) is 0 Å². The minimum Gasteiger partial charge on any atom is -0.338 e. The zero-order valence-electron chi connectivity index (χ0n) is 11.5. The molecule has 1 aromatic heterocycles. The molecule has 19 heavy (non-hydrogen) atoms. The van der Waals surface area contributed by atoms with Crippen LogP contribution >= 0.6 is 0 Å². The molecule has 1 saturated heterocycles. The molecule has 0 bridgehead atoms. The maximum absolute atomic E-state index is 12.4. The molecule has 0 atom stereocenters. The van der Waals surface area contributed by atoms with Gasteiger partial charge in [-0.05, 0) is 38.3 Å². The average molecular weight is 262 g/mol. The highest BCUT2D eigenvalue weighted by atomic mass is 16.2. The maximum Gasteiger partial charge on any atom is 0.256 e. The number of carbonyl (C=O) groups is 1. The van der Waals surface area contributed by atoms with Gasteiger partial charge in [0.2, 0.25) is 0 Å². The number of nitrogens with zero attached hydrogens (tertiary/aromatic N) is 3. The summed E-state index contributed by atoms with van der Waals surface area (Å²) in [5.74, 6) is 0.669. The highest BCUT2D eigenvalue weighted by Gasteiger charge is 2.21. The number of hydrogen-bond donors (Lipinski definition) is 1. The smallest absolute Gasteiger partial charge is 0.256 e. The minimum atomic E-state index is 0.0565. The zero-order chi connectivity index (χ0) is 13.5. The quantitative estimate of drug-likeness (QED) is 0.869. The van der Waals surface area contributed by atoms with E-state index in [1.165, 1.54) is 6.33 Å². The van der Waals surface area contributed by atoms with E-state index < -0.39 is 0 Å². The van der Waals surface area contributed by atoms with Crippen LogP contribution in [0.1, 0.15) is 36.5 Å². The number of rotatable bonds is 5. The topological polar surface area (TPSA) is 58.1 Å². The molecule has 1 aliphatic heterocycles. The lowest BCUT2D eigenvalue weighted by Gasteiger charge is -2.30. The fourth-order valence-electron chi connectivity index (χ4n) is 2.51. The van der Waals surface area contributed by atoms with E-state index in [4.69, 9.17) is 0 Å². The summed E-state index contributed by atoms with van der Waals surface area (Å²) < 4.78 is 0.